The summed E-state index contributed by atoms with van der Waals surface area (Å²) in [5.74, 6) is 5.96. The molecule has 4 amide bonds. The van der Waals surface area contributed by atoms with Crippen LogP contribution in [0.3, 0.4) is 0 Å². The van der Waals surface area contributed by atoms with Gasteiger partial charge in [0.1, 0.15) is 0 Å². The van der Waals surface area contributed by atoms with E-state index in [-0.39, 0.29) is 29.9 Å². The van der Waals surface area contributed by atoms with Crippen molar-refractivity contribution >= 4 is 29.6 Å². The van der Waals surface area contributed by atoms with Gasteiger partial charge >= 0.3 is 6.03 Å². The average molecular weight is 356 g/mol. The van der Waals surface area contributed by atoms with E-state index < -0.39 is 0 Å². The number of unbranched alkanes of at least 4 members (excludes halogenated alkanes) is 3. The highest BCUT2D eigenvalue weighted by molar-refractivity contribution is 8.00. The molecule has 2 aliphatic rings. The second-order valence-corrected chi connectivity index (χ2v) is 7.75. The Morgan fingerprint density at radius 3 is 2.50 bits per heavy atom. The summed E-state index contributed by atoms with van der Waals surface area (Å²) in [6.07, 6.45) is 5.97. The SMILES string of the molecule is CCCCCC(=O)N(N)C(=O)CCCC[C@@H]1SC[C@@H]2NC(=O)N[C@@H]21. The molecular weight excluding hydrogens is 328 g/mol. The van der Waals surface area contributed by atoms with Crippen molar-refractivity contribution in [1.82, 2.24) is 15.6 Å². The summed E-state index contributed by atoms with van der Waals surface area (Å²) < 4.78 is 0. The lowest BCUT2D eigenvalue weighted by atomic mass is 10.0. The zero-order valence-corrected chi connectivity index (χ0v) is 15.1. The third-order valence-corrected chi connectivity index (χ3v) is 6.11. The van der Waals surface area contributed by atoms with Crippen LogP contribution in [0.5, 0.6) is 0 Å². The maximum Gasteiger partial charge on any atom is 0.315 e. The lowest BCUT2D eigenvalue weighted by Gasteiger charge is -2.17. The second-order valence-electron chi connectivity index (χ2n) is 6.48. The summed E-state index contributed by atoms with van der Waals surface area (Å²) in [6.45, 7) is 2.06. The van der Waals surface area contributed by atoms with Crippen molar-refractivity contribution in [3.05, 3.63) is 0 Å². The van der Waals surface area contributed by atoms with Crippen LogP contribution in [0.15, 0.2) is 0 Å². The number of fused-ring (bicyclic) bond motifs is 1. The van der Waals surface area contributed by atoms with E-state index in [1.165, 1.54) is 0 Å². The van der Waals surface area contributed by atoms with E-state index in [9.17, 15) is 14.4 Å². The molecule has 2 fully saturated rings. The average Bonchev–Trinajstić information content (AvgIpc) is 3.10. The summed E-state index contributed by atoms with van der Waals surface area (Å²) >= 11 is 1.87. The molecule has 2 rings (SSSR count). The number of nitrogens with zero attached hydrogens (tertiary/aromatic N) is 1. The van der Waals surface area contributed by atoms with Gasteiger partial charge in [-0.2, -0.15) is 11.8 Å². The van der Waals surface area contributed by atoms with Gasteiger partial charge in [-0.1, -0.05) is 26.2 Å². The Morgan fingerprint density at radius 2 is 1.83 bits per heavy atom. The fourth-order valence-electron chi connectivity index (χ4n) is 3.17. The minimum Gasteiger partial charge on any atom is -0.332 e. The molecule has 0 aromatic carbocycles. The summed E-state index contributed by atoms with van der Waals surface area (Å²) in [6, 6.07) is 0.351. The maximum atomic E-state index is 11.9. The fourth-order valence-corrected chi connectivity index (χ4v) is 4.71. The first kappa shape index (κ1) is 19.1. The molecule has 0 radical (unpaired) electrons. The van der Waals surface area contributed by atoms with Crippen molar-refractivity contribution in [1.29, 1.82) is 0 Å². The van der Waals surface area contributed by atoms with E-state index in [4.69, 9.17) is 5.84 Å². The normalized spacial score (nSPS) is 25.1. The number of carbonyl (C=O) groups excluding carboxylic acids is 3. The van der Waals surface area contributed by atoms with E-state index in [1.807, 2.05) is 11.8 Å². The third kappa shape index (κ3) is 5.11. The summed E-state index contributed by atoms with van der Waals surface area (Å²) in [5.41, 5.74) is 0. The smallest absolute Gasteiger partial charge is 0.315 e. The van der Waals surface area contributed by atoms with Crippen molar-refractivity contribution in [3.8, 4) is 0 Å². The number of hydrazine groups is 1. The Hall–Kier alpha value is -1.28. The van der Waals surface area contributed by atoms with Crippen molar-refractivity contribution in [2.45, 2.75) is 75.6 Å². The lowest BCUT2D eigenvalue weighted by molar-refractivity contribution is -0.145. The van der Waals surface area contributed by atoms with E-state index in [2.05, 4.69) is 17.6 Å². The van der Waals surface area contributed by atoms with Gasteiger partial charge in [0, 0.05) is 23.8 Å². The minimum absolute atomic E-state index is 0.0779. The number of nitrogens with one attached hydrogen (secondary N) is 2. The second kappa shape index (κ2) is 9.27. The number of rotatable bonds is 9. The number of thioether (sulfide) groups is 1. The van der Waals surface area contributed by atoms with Crippen molar-refractivity contribution < 1.29 is 14.4 Å². The van der Waals surface area contributed by atoms with E-state index in [0.717, 1.165) is 42.9 Å². The highest BCUT2D eigenvalue weighted by Crippen LogP contribution is 2.33. The molecule has 4 N–H and O–H groups in total. The summed E-state index contributed by atoms with van der Waals surface area (Å²) in [7, 11) is 0. The van der Waals surface area contributed by atoms with E-state index >= 15 is 0 Å². The van der Waals surface area contributed by atoms with Gasteiger partial charge in [-0.3, -0.25) is 9.59 Å². The van der Waals surface area contributed by atoms with Crippen LogP contribution in [0.4, 0.5) is 4.79 Å². The van der Waals surface area contributed by atoms with E-state index in [0.29, 0.717) is 24.5 Å². The van der Waals surface area contributed by atoms with E-state index in [1.54, 1.807) is 0 Å². The Labute approximate surface area is 147 Å². The monoisotopic (exact) mass is 356 g/mol. The molecule has 0 saturated carbocycles. The predicted molar refractivity (Wildman–Crippen MR) is 94.1 cm³/mol. The van der Waals surface area contributed by atoms with Crippen LogP contribution in [0.1, 0.15) is 58.3 Å². The van der Waals surface area contributed by atoms with Crippen LogP contribution in [0.25, 0.3) is 0 Å². The van der Waals surface area contributed by atoms with Crippen molar-refractivity contribution in [2.24, 2.45) is 5.84 Å². The summed E-state index contributed by atoms with van der Waals surface area (Å²) in [4.78, 5) is 35.1. The quantitative estimate of drug-likeness (QED) is 0.191. The molecule has 0 bridgehead atoms. The molecule has 0 aromatic heterocycles. The topological polar surface area (TPSA) is 105 Å². The number of imide groups is 1. The number of carbonyl (C=O) groups is 3. The zero-order valence-electron chi connectivity index (χ0n) is 14.3. The Balaban J connectivity index is 1.60. The molecule has 2 heterocycles. The number of hydrogen-bond acceptors (Lipinski definition) is 5. The van der Waals surface area contributed by atoms with Gasteiger partial charge in [0.2, 0.25) is 11.8 Å². The van der Waals surface area contributed by atoms with Crippen LogP contribution < -0.4 is 16.5 Å². The molecule has 0 unspecified atom stereocenters. The van der Waals surface area contributed by atoms with Crippen LogP contribution in [-0.4, -0.2) is 45.9 Å². The van der Waals surface area contributed by atoms with Crippen LogP contribution in [0.2, 0.25) is 0 Å². The first-order valence-corrected chi connectivity index (χ1v) is 9.87. The molecule has 136 valence electrons. The third-order valence-electron chi connectivity index (χ3n) is 4.60. The summed E-state index contributed by atoms with van der Waals surface area (Å²) in [5, 5.41) is 7.07. The maximum absolute atomic E-state index is 11.9. The number of urea groups is 1. The predicted octanol–water partition coefficient (Wildman–Crippen LogP) is 1.52. The number of hydrogen-bond donors (Lipinski definition) is 3. The molecule has 3 atom stereocenters. The molecule has 7 nitrogen and oxygen atoms in total. The first-order valence-electron chi connectivity index (χ1n) is 8.82. The van der Waals surface area contributed by atoms with Crippen LogP contribution >= 0.6 is 11.8 Å². The standard InChI is InChI=1S/C16H28N4O3S/c1-2-3-4-8-13(21)20(17)14(22)9-6-5-7-12-15-11(10-24-12)18-16(23)19-15/h11-12,15H,2-10,17H2,1H3,(H2,18,19,23)/t11-,12-,15-/m0/s1. The van der Waals surface area contributed by atoms with Gasteiger partial charge in [-0.05, 0) is 19.3 Å². The molecular formula is C16H28N4O3S. The largest absolute Gasteiger partial charge is 0.332 e. The fraction of sp³-hybridized carbons (Fsp3) is 0.812. The molecule has 24 heavy (non-hydrogen) atoms. The number of nitrogens with two attached hydrogens (primary N) is 1. The van der Waals surface area contributed by atoms with Gasteiger partial charge in [0.25, 0.3) is 0 Å². The highest BCUT2D eigenvalue weighted by atomic mass is 32.2. The Bertz CT molecular complexity index is 474. The van der Waals surface area contributed by atoms with Gasteiger partial charge in [0.15, 0.2) is 0 Å². The van der Waals surface area contributed by atoms with Gasteiger partial charge in [-0.15, -0.1) is 0 Å². The number of amides is 4. The van der Waals surface area contributed by atoms with Crippen LogP contribution in [0, 0.1) is 0 Å². The van der Waals surface area contributed by atoms with Gasteiger partial charge < -0.3 is 10.6 Å². The molecule has 8 heteroatoms. The lowest BCUT2D eigenvalue weighted by Crippen LogP contribution is -2.42. The molecule has 0 aliphatic carbocycles. The minimum atomic E-state index is -0.302. The highest BCUT2D eigenvalue weighted by Gasteiger charge is 2.42. The van der Waals surface area contributed by atoms with Crippen LogP contribution in [-0.2, 0) is 9.59 Å². The zero-order chi connectivity index (χ0) is 17.5. The molecule has 0 spiro atoms. The first-order chi connectivity index (χ1) is 11.5. The van der Waals surface area contributed by atoms with Crippen molar-refractivity contribution in [2.75, 3.05) is 5.75 Å². The Morgan fingerprint density at radius 1 is 1.17 bits per heavy atom. The molecule has 0 aromatic rings. The molecule has 2 saturated heterocycles. The van der Waals surface area contributed by atoms with Gasteiger partial charge in [0.05, 0.1) is 12.1 Å². The van der Waals surface area contributed by atoms with Gasteiger partial charge in [-0.25, -0.2) is 15.6 Å². The van der Waals surface area contributed by atoms with Crippen molar-refractivity contribution in [3.63, 3.8) is 0 Å². The molecule has 2 aliphatic heterocycles. The Kier molecular flexibility index (Phi) is 7.36.